The number of carbonyl (C=O) groups excluding carboxylic acids is 1. The van der Waals surface area contributed by atoms with E-state index in [2.05, 4.69) is 5.32 Å². The van der Waals surface area contributed by atoms with Crippen LogP contribution in [-0.2, 0) is 9.59 Å². The topological polar surface area (TPSA) is 69.6 Å². The van der Waals surface area contributed by atoms with E-state index in [4.69, 9.17) is 5.11 Å². The molecule has 0 aromatic rings. The van der Waals surface area contributed by atoms with E-state index in [1.807, 2.05) is 13.8 Å². The number of halogens is 1. The first-order valence-electron chi connectivity index (χ1n) is 6.14. The summed E-state index contributed by atoms with van der Waals surface area (Å²) >= 11 is 0. The number of carboxylic acids is 1. The Labute approximate surface area is 115 Å². The molecule has 0 saturated heterocycles. The summed E-state index contributed by atoms with van der Waals surface area (Å²) in [7, 11) is 1.76. The minimum Gasteiger partial charge on any atom is -0.481 e. The van der Waals surface area contributed by atoms with Crippen LogP contribution in [0.25, 0.3) is 0 Å². The summed E-state index contributed by atoms with van der Waals surface area (Å²) in [5.74, 6) is -0.879. The molecular formula is C12H25ClN2O3. The second-order valence-corrected chi connectivity index (χ2v) is 4.32. The Bertz CT molecular complexity index is 258. The van der Waals surface area contributed by atoms with Gasteiger partial charge in [-0.15, -0.1) is 12.4 Å². The maximum atomic E-state index is 11.9. The average molecular weight is 281 g/mol. The number of nitrogens with zero attached hydrogens (tertiary/aromatic N) is 1. The van der Waals surface area contributed by atoms with Gasteiger partial charge >= 0.3 is 5.97 Å². The van der Waals surface area contributed by atoms with Crippen LogP contribution in [0.15, 0.2) is 0 Å². The van der Waals surface area contributed by atoms with E-state index >= 15 is 0 Å². The third-order valence-corrected chi connectivity index (χ3v) is 3.05. The Morgan fingerprint density at radius 1 is 1.28 bits per heavy atom. The molecule has 0 aliphatic carbocycles. The maximum absolute atomic E-state index is 11.9. The van der Waals surface area contributed by atoms with Gasteiger partial charge in [-0.3, -0.25) is 14.5 Å². The van der Waals surface area contributed by atoms with Crippen LogP contribution in [-0.4, -0.2) is 47.6 Å². The zero-order chi connectivity index (χ0) is 13.4. The van der Waals surface area contributed by atoms with Gasteiger partial charge in [-0.2, -0.15) is 0 Å². The van der Waals surface area contributed by atoms with Crippen molar-refractivity contribution >= 4 is 24.3 Å². The number of hydrogen-bond acceptors (Lipinski definition) is 3. The number of likely N-dealkylation sites (N-methyl/N-ethyl adjacent to an activating group) is 1. The second-order valence-electron chi connectivity index (χ2n) is 4.32. The van der Waals surface area contributed by atoms with Gasteiger partial charge in [0.1, 0.15) is 0 Å². The van der Waals surface area contributed by atoms with Crippen molar-refractivity contribution in [2.45, 2.75) is 52.1 Å². The van der Waals surface area contributed by atoms with Crippen molar-refractivity contribution in [3.63, 3.8) is 0 Å². The fraction of sp³-hybridized carbons (Fsp3) is 0.833. The number of rotatable bonds is 8. The van der Waals surface area contributed by atoms with Crippen molar-refractivity contribution in [2.75, 3.05) is 13.6 Å². The normalized spacial score (nSPS) is 12.1. The molecule has 2 N–H and O–H groups in total. The number of hydrogen-bond donors (Lipinski definition) is 2. The smallest absolute Gasteiger partial charge is 0.304 e. The predicted molar refractivity (Wildman–Crippen MR) is 74.1 cm³/mol. The third-order valence-electron chi connectivity index (χ3n) is 3.05. The molecule has 0 aromatic heterocycles. The van der Waals surface area contributed by atoms with Crippen LogP contribution in [0.1, 0.15) is 40.0 Å². The van der Waals surface area contributed by atoms with Crippen LogP contribution < -0.4 is 5.32 Å². The highest BCUT2D eigenvalue weighted by molar-refractivity contribution is 5.85. The summed E-state index contributed by atoms with van der Waals surface area (Å²) in [6, 6.07) is -0.0900. The van der Waals surface area contributed by atoms with E-state index < -0.39 is 5.97 Å². The van der Waals surface area contributed by atoms with E-state index in [1.165, 1.54) is 0 Å². The molecule has 0 saturated carbocycles. The van der Waals surface area contributed by atoms with Crippen LogP contribution in [0.4, 0.5) is 0 Å². The predicted octanol–water partition coefficient (Wildman–Crippen LogP) is 1.51. The number of carbonyl (C=O) groups is 2. The second kappa shape index (κ2) is 10.1. The zero-order valence-corrected chi connectivity index (χ0v) is 12.4. The molecule has 0 bridgehead atoms. The maximum Gasteiger partial charge on any atom is 0.304 e. The van der Waals surface area contributed by atoms with Crippen LogP contribution in [0.2, 0.25) is 0 Å². The summed E-state index contributed by atoms with van der Waals surface area (Å²) in [5.41, 5.74) is 0. The first-order chi connectivity index (χ1) is 7.92. The fourth-order valence-electron chi connectivity index (χ4n) is 1.48. The van der Waals surface area contributed by atoms with E-state index in [0.717, 1.165) is 12.8 Å². The van der Waals surface area contributed by atoms with Crippen LogP contribution in [0.3, 0.4) is 0 Å². The van der Waals surface area contributed by atoms with Crippen LogP contribution in [0, 0.1) is 0 Å². The Morgan fingerprint density at radius 2 is 1.78 bits per heavy atom. The zero-order valence-electron chi connectivity index (χ0n) is 11.6. The van der Waals surface area contributed by atoms with E-state index in [0.29, 0.717) is 6.54 Å². The molecular weight excluding hydrogens is 256 g/mol. The Kier molecular flexibility index (Phi) is 11.0. The van der Waals surface area contributed by atoms with Crippen molar-refractivity contribution in [3.8, 4) is 0 Å². The van der Waals surface area contributed by atoms with Crippen molar-refractivity contribution in [2.24, 2.45) is 0 Å². The SMILES string of the molecule is CCC(CC)NC(=O)C(C)N(C)CCC(=O)O.Cl. The molecule has 5 nitrogen and oxygen atoms in total. The molecule has 0 heterocycles. The Hall–Kier alpha value is -0.810. The molecule has 0 fully saturated rings. The lowest BCUT2D eigenvalue weighted by atomic mass is 10.1. The lowest BCUT2D eigenvalue weighted by molar-refractivity contribution is -0.138. The molecule has 0 rings (SSSR count). The number of carboxylic acid groups (broad SMARTS) is 1. The van der Waals surface area contributed by atoms with Gasteiger partial charge in [0.05, 0.1) is 12.5 Å². The molecule has 1 atom stereocenters. The Balaban J connectivity index is 0. The minimum absolute atomic E-state index is 0. The fourth-order valence-corrected chi connectivity index (χ4v) is 1.48. The molecule has 1 amide bonds. The standard InChI is InChI=1S/C12H24N2O3.ClH/c1-5-10(6-2)13-12(17)9(3)14(4)8-7-11(15)16;/h9-10H,5-8H2,1-4H3,(H,13,17)(H,15,16);1H. The van der Waals surface area contributed by atoms with Gasteiger partial charge in [-0.1, -0.05) is 13.8 Å². The molecule has 0 aromatic carbocycles. The molecule has 0 aliphatic heterocycles. The first kappa shape index (κ1) is 19.5. The quantitative estimate of drug-likeness (QED) is 0.707. The van der Waals surface area contributed by atoms with Gasteiger partial charge in [0, 0.05) is 12.6 Å². The monoisotopic (exact) mass is 280 g/mol. The lowest BCUT2D eigenvalue weighted by Crippen LogP contribution is -2.47. The minimum atomic E-state index is -0.843. The van der Waals surface area contributed by atoms with Gasteiger partial charge in [0.15, 0.2) is 0 Å². The lowest BCUT2D eigenvalue weighted by Gasteiger charge is -2.25. The highest BCUT2D eigenvalue weighted by Gasteiger charge is 2.20. The molecule has 0 spiro atoms. The summed E-state index contributed by atoms with van der Waals surface area (Å²) in [6.07, 6.45) is 1.88. The van der Waals surface area contributed by atoms with Gasteiger partial charge in [0.2, 0.25) is 5.91 Å². The summed E-state index contributed by atoms with van der Waals surface area (Å²) in [4.78, 5) is 24.1. The van der Waals surface area contributed by atoms with Crippen molar-refractivity contribution in [1.82, 2.24) is 10.2 Å². The van der Waals surface area contributed by atoms with E-state index in [9.17, 15) is 9.59 Å². The first-order valence-corrected chi connectivity index (χ1v) is 6.14. The number of aliphatic carboxylic acids is 1. The van der Waals surface area contributed by atoms with Crippen LogP contribution in [0.5, 0.6) is 0 Å². The molecule has 6 heteroatoms. The Morgan fingerprint density at radius 3 is 2.17 bits per heavy atom. The van der Waals surface area contributed by atoms with Gasteiger partial charge < -0.3 is 10.4 Å². The number of amides is 1. The highest BCUT2D eigenvalue weighted by Crippen LogP contribution is 2.01. The van der Waals surface area contributed by atoms with Gasteiger partial charge in [-0.25, -0.2) is 0 Å². The van der Waals surface area contributed by atoms with Gasteiger partial charge in [0.25, 0.3) is 0 Å². The van der Waals surface area contributed by atoms with E-state index in [-0.39, 0.29) is 36.8 Å². The third kappa shape index (κ3) is 7.50. The van der Waals surface area contributed by atoms with Crippen molar-refractivity contribution < 1.29 is 14.7 Å². The van der Waals surface area contributed by atoms with Crippen molar-refractivity contribution in [3.05, 3.63) is 0 Å². The summed E-state index contributed by atoms with van der Waals surface area (Å²) < 4.78 is 0. The highest BCUT2D eigenvalue weighted by atomic mass is 35.5. The summed E-state index contributed by atoms with van der Waals surface area (Å²) in [5, 5.41) is 11.5. The van der Waals surface area contributed by atoms with E-state index in [1.54, 1.807) is 18.9 Å². The van der Waals surface area contributed by atoms with Crippen molar-refractivity contribution in [1.29, 1.82) is 0 Å². The van der Waals surface area contributed by atoms with Crippen LogP contribution >= 0.6 is 12.4 Å². The molecule has 0 aliphatic rings. The molecule has 108 valence electrons. The average Bonchev–Trinajstić information content (AvgIpc) is 2.31. The van der Waals surface area contributed by atoms with Gasteiger partial charge in [-0.05, 0) is 26.8 Å². The number of nitrogens with one attached hydrogen (secondary N) is 1. The molecule has 1 unspecified atom stereocenters. The summed E-state index contributed by atoms with van der Waals surface area (Å²) in [6.45, 7) is 6.24. The largest absolute Gasteiger partial charge is 0.481 e. The molecule has 0 radical (unpaired) electrons. The molecule has 18 heavy (non-hydrogen) atoms.